The number of aliphatic imine (C=N–C) groups is 1. The van der Waals surface area contributed by atoms with Gasteiger partial charge in [-0.1, -0.05) is 0 Å². The van der Waals surface area contributed by atoms with E-state index in [-0.39, 0.29) is 24.0 Å². The van der Waals surface area contributed by atoms with Crippen LogP contribution in [0.2, 0.25) is 0 Å². The number of likely N-dealkylation sites (tertiary alicyclic amines) is 1. The van der Waals surface area contributed by atoms with E-state index in [4.69, 9.17) is 4.74 Å². The minimum Gasteiger partial charge on any atom is -0.380 e. The van der Waals surface area contributed by atoms with E-state index >= 15 is 0 Å². The van der Waals surface area contributed by atoms with E-state index in [0.717, 1.165) is 44.7 Å². The van der Waals surface area contributed by atoms with Crippen molar-refractivity contribution in [2.24, 2.45) is 10.9 Å². The molecule has 0 amide bonds. The van der Waals surface area contributed by atoms with E-state index in [1.165, 1.54) is 25.9 Å². The summed E-state index contributed by atoms with van der Waals surface area (Å²) in [6.07, 6.45) is 2.52. The Kier molecular flexibility index (Phi) is 12.6. The van der Waals surface area contributed by atoms with E-state index in [1.807, 2.05) is 6.92 Å². The van der Waals surface area contributed by atoms with Crippen molar-refractivity contribution in [3.8, 4) is 0 Å². The van der Waals surface area contributed by atoms with Gasteiger partial charge in [-0.15, -0.1) is 24.0 Å². The molecule has 1 heterocycles. The fourth-order valence-corrected chi connectivity index (χ4v) is 2.19. The van der Waals surface area contributed by atoms with Crippen molar-refractivity contribution in [1.82, 2.24) is 15.5 Å². The smallest absolute Gasteiger partial charge is 0.191 e. The van der Waals surface area contributed by atoms with Crippen molar-refractivity contribution in [3.05, 3.63) is 0 Å². The Morgan fingerprint density at radius 2 is 1.95 bits per heavy atom. The SMILES string of the molecule is CCNC(=NCC1CCN(C)CC1)NCCOCC.I. The number of halogens is 1. The number of nitrogens with one attached hydrogen (secondary N) is 2. The summed E-state index contributed by atoms with van der Waals surface area (Å²) in [5.74, 6) is 1.65. The summed E-state index contributed by atoms with van der Waals surface area (Å²) in [4.78, 5) is 7.07. The number of rotatable bonds is 7. The van der Waals surface area contributed by atoms with Gasteiger partial charge in [0.15, 0.2) is 5.96 Å². The molecule has 20 heavy (non-hydrogen) atoms. The highest BCUT2D eigenvalue weighted by molar-refractivity contribution is 14.0. The molecule has 0 bridgehead atoms. The van der Waals surface area contributed by atoms with Crippen LogP contribution in [0.25, 0.3) is 0 Å². The fraction of sp³-hybridized carbons (Fsp3) is 0.929. The quantitative estimate of drug-likeness (QED) is 0.296. The Morgan fingerprint density at radius 1 is 1.25 bits per heavy atom. The van der Waals surface area contributed by atoms with Crippen molar-refractivity contribution in [2.75, 3.05) is 53.0 Å². The maximum atomic E-state index is 5.32. The third-order valence-electron chi connectivity index (χ3n) is 3.43. The summed E-state index contributed by atoms with van der Waals surface area (Å²) in [6, 6.07) is 0. The summed E-state index contributed by atoms with van der Waals surface area (Å²) in [7, 11) is 2.19. The first kappa shape index (κ1) is 19.9. The lowest BCUT2D eigenvalue weighted by molar-refractivity contribution is 0.152. The Hall–Kier alpha value is -0.0800. The molecule has 1 fully saturated rings. The van der Waals surface area contributed by atoms with Gasteiger partial charge < -0.3 is 20.3 Å². The van der Waals surface area contributed by atoms with Crippen LogP contribution in [0.5, 0.6) is 0 Å². The lowest BCUT2D eigenvalue weighted by atomic mass is 9.97. The minimum atomic E-state index is 0. The summed E-state index contributed by atoms with van der Waals surface area (Å²) in [5, 5.41) is 6.59. The molecule has 1 aliphatic rings. The molecule has 0 spiro atoms. The van der Waals surface area contributed by atoms with Gasteiger partial charge in [0.2, 0.25) is 0 Å². The van der Waals surface area contributed by atoms with E-state index in [9.17, 15) is 0 Å². The molecule has 2 N–H and O–H groups in total. The van der Waals surface area contributed by atoms with Crippen LogP contribution in [-0.2, 0) is 4.74 Å². The molecule has 0 unspecified atom stereocenters. The first-order chi connectivity index (χ1) is 9.26. The van der Waals surface area contributed by atoms with Crippen molar-refractivity contribution in [1.29, 1.82) is 0 Å². The summed E-state index contributed by atoms with van der Waals surface area (Å²) in [5.41, 5.74) is 0. The van der Waals surface area contributed by atoms with Gasteiger partial charge in [-0.25, -0.2) is 0 Å². The van der Waals surface area contributed by atoms with Crippen molar-refractivity contribution in [3.63, 3.8) is 0 Å². The van der Waals surface area contributed by atoms with Gasteiger partial charge in [0.05, 0.1) is 6.61 Å². The number of ether oxygens (including phenoxy) is 1. The van der Waals surface area contributed by atoms with Crippen LogP contribution >= 0.6 is 24.0 Å². The van der Waals surface area contributed by atoms with Gasteiger partial charge >= 0.3 is 0 Å². The average molecular weight is 398 g/mol. The summed E-state index contributed by atoms with van der Waals surface area (Å²) in [6.45, 7) is 10.6. The maximum Gasteiger partial charge on any atom is 0.191 e. The molecule has 0 atom stereocenters. The van der Waals surface area contributed by atoms with E-state index < -0.39 is 0 Å². The molecule has 0 aliphatic carbocycles. The zero-order valence-electron chi connectivity index (χ0n) is 13.2. The second kappa shape index (κ2) is 12.6. The van der Waals surface area contributed by atoms with Crippen LogP contribution in [0.1, 0.15) is 26.7 Å². The lowest BCUT2D eigenvalue weighted by Crippen LogP contribution is -2.39. The van der Waals surface area contributed by atoms with Crippen LogP contribution in [0.4, 0.5) is 0 Å². The number of hydrogen-bond donors (Lipinski definition) is 2. The zero-order chi connectivity index (χ0) is 13.9. The molecular formula is C14H31IN4O. The first-order valence-corrected chi connectivity index (χ1v) is 7.54. The Bertz CT molecular complexity index is 256. The predicted molar refractivity (Wildman–Crippen MR) is 96.1 cm³/mol. The third-order valence-corrected chi connectivity index (χ3v) is 3.43. The molecule has 0 radical (unpaired) electrons. The molecule has 1 rings (SSSR count). The molecule has 0 saturated carbocycles. The maximum absolute atomic E-state index is 5.32. The van der Waals surface area contributed by atoms with E-state index in [0.29, 0.717) is 0 Å². The monoisotopic (exact) mass is 398 g/mol. The normalized spacial score (nSPS) is 17.6. The van der Waals surface area contributed by atoms with Gasteiger partial charge in [0.25, 0.3) is 0 Å². The lowest BCUT2D eigenvalue weighted by Gasteiger charge is -2.28. The van der Waals surface area contributed by atoms with Crippen molar-refractivity contribution < 1.29 is 4.74 Å². The summed E-state index contributed by atoms with van der Waals surface area (Å²) >= 11 is 0. The minimum absolute atomic E-state index is 0. The van der Waals surface area contributed by atoms with Crippen LogP contribution in [0, 0.1) is 5.92 Å². The number of hydrogen-bond acceptors (Lipinski definition) is 3. The van der Waals surface area contributed by atoms with Crippen LogP contribution in [0.3, 0.4) is 0 Å². The number of piperidine rings is 1. The molecule has 1 saturated heterocycles. The second-order valence-electron chi connectivity index (χ2n) is 5.09. The Morgan fingerprint density at radius 3 is 2.55 bits per heavy atom. The van der Waals surface area contributed by atoms with Gasteiger partial charge in [0.1, 0.15) is 0 Å². The van der Waals surface area contributed by atoms with E-state index in [2.05, 4.69) is 34.5 Å². The first-order valence-electron chi connectivity index (χ1n) is 7.54. The van der Waals surface area contributed by atoms with Gasteiger partial charge in [0, 0.05) is 26.2 Å². The fourth-order valence-electron chi connectivity index (χ4n) is 2.19. The molecule has 5 nitrogen and oxygen atoms in total. The van der Waals surface area contributed by atoms with Gasteiger partial charge in [-0.3, -0.25) is 4.99 Å². The molecule has 0 aromatic rings. The van der Waals surface area contributed by atoms with Gasteiger partial charge in [-0.05, 0) is 52.7 Å². The second-order valence-corrected chi connectivity index (χ2v) is 5.09. The molecule has 0 aromatic heterocycles. The molecule has 0 aromatic carbocycles. The molecular weight excluding hydrogens is 367 g/mol. The number of guanidine groups is 1. The predicted octanol–water partition coefficient (Wildman–Crippen LogP) is 1.54. The molecule has 1 aliphatic heterocycles. The topological polar surface area (TPSA) is 48.9 Å². The van der Waals surface area contributed by atoms with Crippen LogP contribution in [-0.4, -0.2) is 63.8 Å². The Balaban J connectivity index is 0.00000361. The van der Waals surface area contributed by atoms with Crippen molar-refractivity contribution in [2.45, 2.75) is 26.7 Å². The molecule has 120 valence electrons. The van der Waals surface area contributed by atoms with E-state index in [1.54, 1.807) is 0 Å². The standard InChI is InChI=1S/C14H30N4O.HI/c1-4-15-14(16-8-11-19-5-2)17-12-13-6-9-18(3)10-7-13;/h13H,4-12H2,1-3H3,(H2,15,16,17);1H. The largest absolute Gasteiger partial charge is 0.380 e. The number of nitrogens with zero attached hydrogens (tertiary/aromatic N) is 2. The van der Waals surface area contributed by atoms with Crippen molar-refractivity contribution >= 4 is 29.9 Å². The van der Waals surface area contributed by atoms with Crippen LogP contribution < -0.4 is 10.6 Å². The average Bonchev–Trinajstić information content (AvgIpc) is 2.42. The Labute approximate surface area is 140 Å². The highest BCUT2D eigenvalue weighted by Crippen LogP contribution is 2.15. The molecule has 6 heteroatoms. The zero-order valence-corrected chi connectivity index (χ0v) is 15.5. The summed E-state index contributed by atoms with van der Waals surface area (Å²) < 4.78 is 5.32. The highest BCUT2D eigenvalue weighted by atomic mass is 127. The third kappa shape index (κ3) is 8.97. The highest BCUT2D eigenvalue weighted by Gasteiger charge is 2.16. The van der Waals surface area contributed by atoms with Gasteiger partial charge in [-0.2, -0.15) is 0 Å². The van der Waals surface area contributed by atoms with Crippen LogP contribution in [0.15, 0.2) is 4.99 Å².